The van der Waals surface area contributed by atoms with E-state index in [0.717, 1.165) is 6.42 Å². The maximum atomic E-state index is 11.8. The van der Waals surface area contributed by atoms with E-state index in [-0.39, 0.29) is 18.0 Å². The van der Waals surface area contributed by atoms with Crippen LogP contribution in [0.3, 0.4) is 0 Å². The number of rotatable bonds is 3. The van der Waals surface area contributed by atoms with Crippen molar-refractivity contribution in [3.8, 4) is 0 Å². The Hall–Kier alpha value is -1.10. The predicted octanol–water partition coefficient (Wildman–Crippen LogP) is 1.36. The molecule has 1 aliphatic rings. The molecule has 1 unspecified atom stereocenters. The third-order valence-corrected chi connectivity index (χ3v) is 5.09. The zero-order chi connectivity index (χ0) is 11.6. The number of hydrogen-bond acceptors (Lipinski definition) is 4. The van der Waals surface area contributed by atoms with E-state index < -0.39 is 15.1 Å². The lowest BCUT2D eigenvalue weighted by atomic mass is 10.1. The lowest BCUT2D eigenvalue weighted by Gasteiger charge is -2.20. The number of Topliss-reactive ketones (excluding diaryl/α,β-unsaturated/α-hetero) is 1. The average Bonchev–Trinajstić information content (AvgIpc) is 2.69. The number of sulfone groups is 1. The van der Waals surface area contributed by atoms with Gasteiger partial charge in [-0.3, -0.25) is 4.79 Å². The minimum Gasteiger partial charge on any atom is -0.469 e. The molecular weight excluding hydrogens is 228 g/mol. The van der Waals surface area contributed by atoms with E-state index in [1.807, 2.05) is 0 Å². The smallest absolute Gasteiger partial charge is 0.160 e. The molecule has 88 valence electrons. The monoisotopic (exact) mass is 242 g/mol. The number of hydrogen-bond donors (Lipinski definition) is 0. The highest BCUT2D eigenvalue weighted by atomic mass is 32.2. The van der Waals surface area contributed by atoms with Crippen LogP contribution in [0.15, 0.2) is 22.8 Å². The Bertz CT molecular complexity index is 458. The van der Waals surface area contributed by atoms with E-state index in [1.165, 1.54) is 6.26 Å². The van der Waals surface area contributed by atoms with Crippen molar-refractivity contribution in [3.63, 3.8) is 0 Å². The summed E-state index contributed by atoms with van der Waals surface area (Å²) in [7, 11) is -3.22. The average molecular weight is 242 g/mol. The normalized spacial score (nSPS) is 24.1. The Morgan fingerprint density at radius 3 is 2.88 bits per heavy atom. The van der Waals surface area contributed by atoms with Gasteiger partial charge in [-0.2, -0.15) is 0 Å². The van der Waals surface area contributed by atoms with Crippen molar-refractivity contribution in [3.05, 3.63) is 24.2 Å². The second kappa shape index (κ2) is 4.41. The quantitative estimate of drug-likeness (QED) is 0.802. The lowest BCUT2D eigenvalue weighted by molar-refractivity contribution is -0.118. The van der Waals surface area contributed by atoms with Gasteiger partial charge in [-0.1, -0.05) is 6.42 Å². The summed E-state index contributed by atoms with van der Waals surface area (Å²) in [6.07, 6.45) is 3.51. The van der Waals surface area contributed by atoms with Crippen molar-refractivity contribution in [2.45, 2.75) is 30.9 Å². The van der Waals surface area contributed by atoms with Gasteiger partial charge in [0.25, 0.3) is 0 Å². The highest BCUT2D eigenvalue weighted by Gasteiger charge is 2.34. The van der Waals surface area contributed by atoms with E-state index in [0.29, 0.717) is 18.6 Å². The number of ketones is 1. The van der Waals surface area contributed by atoms with Crippen LogP contribution in [0.25, 0.3) is 0 Å². The van der Waals surface area contributed by atoms with Gasteiger partial charge in [0.15, 0.2) is 15.6 Å². The van der Waals surface area contributed by atoms with Crippen molar-refractivity contribution >= 4 is 15.6 Å². The fraction of sp³-hybridized carbons (Fsp3) is 0.545. The molecule has 0 radical (unpaired) electrons. The van der Waals surface area contributed by atoms with Crippen LogP contribution < -0.4 is 0 Å². The molecule has 1 saturated heterocycles. The van der Waals surface area contributed by atoms with Gasteiger partial charge in [-0.25, -0.2) is 8.42 Å². The van der Waals surface area contributed by atoms with Gasteiger partial charge in [0, 0.05) is 0 Å². The molecular formula is C11H14O4S. The largest absolute Gasteiger partial charge is 0.469 e. The molecule has 1 atom stereocenters. The van der Waals surface area contributed by atoms with Crippen LogP contribution in [-0.2, 0) is 21.1 Å². The molecule has 0 bridgehead atoms. The van der Waals surface area contributed by atoms with Gasteiger partial charge in [-0.05, 0) is 25.0 Å². The van der Waals surface area contributed by atoms with Gasteiger partial charge in [-0.15, -0.1) is 0 Å². The Balaban J connectivity index is 2.09. The summed E-state index contributed by atoms with van der Waals surface area (Å²) in [4.78, 5) is 11.8. The van der Waals surface area contributed by atoms with Crippen LogP contribution >= 0.6 is 0 Å². The zero-order valence-electron chi connectivity index (χ0n) is 8.89. The highest BCUT2D eigenvalue weighted by molar-refractivity contribution is 7.92. The molecule has 0 saturated carbocycles. The first kappa shape index (κ1) is 11.4. The van der Waals surface area contributed by atoms with E-state index in [2.05, 4.69) is 0 Å². The van der Waals surface area contributed by atoms with Crippen LogP contribution in [0, 0.1) is 0 Å². The SMILES string of the molecule is O=C(Cc1ccco1)C1CCCCS1(=O)=O. The molecule has 0 spiro atoms. The summed E-state index contributed by atoms with van der Waals surface area (Å²) >= 11 is 0. The van der Waals surface area contributed by atoms with Crippen molar-refractivity contribution in [1.29, 1.82) is 0 Å². The molecule has 5 heteroatoms. The zero-order valence-corrected chi connectivity index (χ0v) is 9.70. The van der Waals surface area contributed by atoms with Gasteiger partial charge in [0.05, 0.1) is 18.4 Å². The topological polar surface area (TPSA) is 64.3 Å². The van der Waals surface area contributed by atoms with Crippen LogP contribution in [-0.4, -0.2) is 25.2 Å². The maximum Gasteiger partial charge on any atom is 0.160 e. The lowest BCUT2D eigenvalue weighted by Crippen LogP contribution is -2.36. The van der Waals surface area contributed by atoms with E-state index in [4.69, 9.17) is 4.42 Å². The fourth-order valence-electron chi connectivity index (χ4n) is 2.01. The van der Waals surface area contributed by atoms with Crippen molar-refractivity contribution in [2.75, 3.05) is 5.75 Å². The summed E-state index contributed by atoms with van der Waals surface area (Å²) < 4.78 is 28.4. The molecule has 1 fully saturated rings. The Morgan fingerprint density at radius 2 is 2.25 bits per heavy atom. The predicted molar refractivity (Wildman–Crippen MR) is 58.8 cm³/mol. The molecule has 2 heterocycles. The molecule has 1 aromatic heterocycles. The van der Waals surface area contributed by atoms with Crippen LogP contribution in [0.5, 0.6) is 0 Å². The van der Waals surface area contributed by atoms with E-state index in [9.17, 15) is 13.2 Å². The molecule has 0 aliphatic carbocycles. The Kier molecular flexibility index (Phi) is 3.14. The number of furan rings is 1. The molecule has 16 heavy (non-hydrogen) atoms. The third-order valence-electron chi connectivity index (χ3n) is 2.87. The van der Waals surface area contributed by atoms with Crippen LogP contribution in [0.2, 0.25) is 0 Å². The minimum atomic E-state index is -3.22. The summed E-state index contributed by atoms with van der Waals surface area (Å²) in [5.41, 5.74) is 0. The Morgan fingerprint density at radius 1 is 1.44 bits per heavy atom. The summed E-state index contributed by atoms with van der Waals surface area (Å²) in [5.74, 6) is 0.432. The molecule has 2 rings (SSSR count). The summed E-state index contributed by atoms with van der Waals surface area (Å²) in [6, 6.07) is 3.38. The molecule has 0 amide bonds. The number of carbonyl (C=O) groups is 1. The van der Waals surface area contributed by atoms with Crippen LogP contribution in [0.4, 0.5) is 0 Å². The van der Waals surface area contributed by atoms with Crippen LogP contribution in [0.1, 0.15) is 25.0 Å². The van der Waals surface area contributed by atoms with Gasteiger partial charge >= 0.3 is 0 Å². The molecule has 4 nitrogen and oxygen atoms in total. The van der Waals surface area contributed by atoms with E-state index >= 15 is 0 Å². The Labute approximate surface area is 94.6 Å². The molecule has 0 aromatic carbocycles. The minimum absolute atomic E-state index is 0.0803. The first-order valence-electron chi connectivity index (χ1n) is 5.36. The molecule has 1 aromatic rings. The second-order valence-corrected chi connectivity index (χ2v) is 6.38. The maximum absolute atomic E-state index is 11.8. The first-order chi connectivity index (χ1) is 7.59. The second-order valence-electron chi connectivity index (χ2n) is 4.07. The first-order valence-corrected chi connectivity index (χ1v) is 7.08. The van der Waals surface area contributed by atoms with Gasteiger partial charge in [0.1, 0.15) is 11.0 Å². The van der Waals surface area contributed by atoms with E-state index in [1.54, 1.807) is 12.1 Å². The molecule has 1 aliphatic heterocycles. The molecule has 0 N–H and O–H groups in total. The third kappa shape index (κ3) is 2.35. The fourth-order valence-corrected chi connectivity index (χ4v) is 3.92. The number of carbonyl (C=O) groups excluding carboxylic acids is 1. The summed E-state index contributed by atoms with van der Waals surface area (Å²) in [6.45, 7) is 0. The standard InChI is InChI=1S/C11H14O4S/c12-10(8-9-4-3-6-15-9)11-5-1-2-7-16(11,13)14/h3-4,6,11H,1-2,5,7-8H2. The van der Waals surface area contributed by atoms with Crippen molar-refractivity contribution in [2.24, 2.45) is 0 Å². The summed E-state index contributed by atoms with van der Waals surface area (Å²) in [5, 5.41) is -0.814. The highest BCUT2D eigenvalue weighted by Crippen LogP contribution is 2.21. The van der Waals surface area contributed by atoms with Crippen molar-refractivity contribution < 1.29 is 17.6 Å². The van der Waals surface area contributed by atoms with Gasteiger partial charge < -0.3 is 4.42 Å². The van der Waals surface area contributed by atoms with Gasteiger partial charge in [0.2, 0.25) is 0 Å². The van der Waals surface area contributed by atoms with Crippen molar-refractivity contribution in [1.82, 2.24) is 0 Å².